The van der Waals surface area contributed by atoms with E-state index >= 15 is 0 Å². The number of benzene rings is 2. The van der Waals surface area contributed by atoms with Crippen molar-refractivity contribution >= 4 is 29.1 Å². The zero-order valence-corrected chi connectivity index (χ0v) is 33.2. The number of hydrogen-bond acceptors (Lipinski definition) is 8. The molecule has 2 aromatic heterocycles. The Balaban J connectivity index is 0.000000159. The second kappa shape index (κ2) is 19.0. The van der Waals surface area contributed by atoms with Crippen LogP contribution in [0.4, 0.5) is 17.5 Å². The third-order valence-corrected chi connectivity index (χ3v) is 11.4. The van der Waals surface area contributed by atoms with Crippen LogP contribution in [-0.2, 0) is 0 Å². The van der Waals surface area contributed by atoms with Gasteiger partial charge in [-0.3, -0.25) is 0 Å². The molecule has 4 aromatic rings. The summed E-state index contributed by atoms with van der Waals surface area (Å²) in [6, 6.07) is 19.1. The number of nitrogens with one attached hydrogen (secondary N) is 3. The number of nitrogens with zero attached hydrogens (tertiary/aromatic N) is 4. The van der Waals surface area contributed by atoms with Gasteiger partial charge in [0.25, 0.3) is 0 Å². The summed E-state index contributed by atoms with van der Waals surface area (Å²) in [5.41, 5.74) is 12.3. The van der Waals surface area contributed by atoms with Gasteiger partial charge in [-0.15, -0.1) is 0 Å². The van der Waals surface area contributed by atoms with Gasteiger partial charge in [-0.2, -0.15) is 0 Å². The van der Waals surface area contributed by atoms with Gasteiger partial charge in [0, 0.05) is 24.2 Å². The largest absolute Gasteiger partial charge is 0.367 e. The van der Waals surface area contributed by atoms with Gasteiger partial charge in [0.1, 0.15) is 34.3 Å². The highest BCUT2D eigenvalue weighted by molar-refractivity contribution is 6.32. The molecule has 9 heteroatoms. The Hall–Kier alpha value is -3.75. The lowest BCUT2D eigenvalue weighted by atomic mass is 10.0. The number of halogens is 1. The SMILES string of the molecule is Cc1cccc(-c2c(Cl)nc(C)nc2NC2CCCC2)c1.Cc1cccc(-c2c(NC3CCCC3)nc(C)nc2NC2CCCC2)c1.NC1CCCC1. The highest BCUT2D eigenvalue weighted by Gasteiger charge is 2.24. The molecule has 0 atom stereocenters. The summed E-state index contributed by atoms with van der Waals surface area (Å²) in [7, 11) is 0. The Labute approximate surface area is 323 Å². The Bertz CT molecular complexity index is 1730. The molecule has 53 heavy (non-hydrogen) atoms. The van der Waals surface area contributed by atoms with E-state index in [1.54, 1.807) is 0 Å². The number of rotatable bonds is 8. The summed E-state index contributed by atoms with van der Waals surface area (Å²) in [5.74, 6) is 4.40. The van der Waals surface area contributed by atoms with Crippen LogP contribution >= 0.6 is 11.6 Å². The first kappa shape index (κ1) is 39.0. The van der Waals surface area contributed by atoms with E-state index in [9.17, 15) is 0 Å². The van der Waals surface area contributed by atoms with Gasteiger partial charge in [0.15, 0.2) is 0 Å². The average molecular weight is 737 g/mol. The van der Waals surface area contributed by atoms with Crippen molar-refractivity contribution in [1.29, 1.82) is 0 Å². The van der Waals surface area contributed by atoms with Gasteiger partial charge in [-0.05, 0) is 90.2 Å². The van der Waals surface area contributed by atoms with Crippen LogP contribution in [-0.4, -0.2) is 44.1 Å². The highest BCUT2D eigenvalue weighted by atomic mass is 35.5. The Kier molecular flexibility index (Phi) is 14.0. The van der Waals surface area contributed by atoms with Crippen molar-refractivity contribution in [1.82, 2.24) is 19.9 Å². The van der Waals surface area contributed by atoms with E-state index < -0.39 is 0 Å². The fraction of sp³-hybridized carbons (Fsp3) is 0.545. The average Bonchev–Trinajstić information content (AvgIpc) is 3.96. The number of anilines is 3. The first-order valence-corrected chi connectivity index (χ1v) is 20.7. The van der Waals surface area contributed by atoms with Gasteiger partial charge in [-0.1, -0.05) is 123 Å². The van der Waals surface area contributed by atoms with Gasteiger partial charge < -0.3 is 21.7 Å². The first-order valence-electron chi connectivity index (χ1n) is 20.3. The molecule has 4 aliphatic carbocycles. The molecule has 0 radical (unpaired) electrons. The van der Waals surface area contributed by atoms with Crippen molar-refractivity contribution in [3.05, 3.63) is 76.5 Å². The molecule has 8 rings (SSSR count). The first-order chi connectivity index (χ1) is 25.7. The van der Waals surface area contributed by atoms with Crippen LogP contribution in [0.5, 0.6) is 0 Å². The van der Waals surface area contributed by atoms with Crippen molar-refractivity contribution in [3.63, 3.8) is 0 Å². The maximum absolute atomic E-state index is 6.42. The van der Waals surface area contributed by atoms with Gasteiger partial charge in [0.2, 0.25) is 0 Å². The third-order valence-electron chi connectivity index (χ3n) is 11.1. The van der Waals surface area contributed by atoms with Gasteiger partial charge in [0.05, 0.1) is 11.1 Å². The van der Waals surface area contributed by atoms with Crippen molar-refractivity contribution in [2.75, 3.05) is 16.0 Å². The van der Waals surface area contributed by atoms with E-state index in [0.717, 1.165) is 40.0 Å². The molecular weight excluding hydrogens is 676 g/mol. The van der Waals surface area contributed by atoms with Gasteiger partial charge >= 0.3 is 0 Å². The molecule has 0 bridgehead atoms. The second-order valence-corrected chi connectivity index (χ2v) is 16.1. The smallest absolute Gasteiger partial charge is 0.142 e. The van der Waals surface area contributed by atoms with Gasteiger partial charge in [-0.25, -0.2) is 19.9 Å². The lowest BCUT2D eigenvalue weighted by molar-refractivity contribution is 0.704. The third kappa shape index (κ3) is 11.1. The molecule has 4 aliphatic rings. The van der Waals surface area contributed by atoms with Crippen molar-refractivity contribution in [3.8, 4) is 22.3 Å². The Morgan fingerprint density at radius 3 is 1.25 bits per heavy atom. The summed E-state index contributed by atoms with van der Waals surface area (Å²) in [6.45, 7) is 8.11. The minimum Gasteiger partial charge on any atom is -0.367 e. The summed E-state index contributed by atoms with van der Waals surface area (Å²) in [6.07, 6.45) is 20.4. The maximum atomic E-state index is 6.42. The van der Waals surface area contributed by atoms with Crippen LogP contribution in [0, 0.1) is 27.7 Å². The normalized spacial score (nSPS) is 18.0. The fourth-order valence-electron chi connectivity index (χ4n) is 8.30. The summed E-state index contributed by atoms with van der Waals surface area (Å²) >= 11 is 6.42. The van der Waals surface area contributed by atoms with E-state index in [-0.39, 0.29) is 0 Å². The molecule has 4 fully saturated rings. The number of nitrogens with two attached hydrogens (primary N) is 1. The van der Waals surface area contributed by atoms with Crippen molar-refractivity contribution in [2.45, 2.75) is 155 Å². The summed E-state index contributed by atoms with van der Waals surface area (Å²) in [4.78, 5) is 18.6. The fourth-order valence-corrected chi connectivity index (χ4v) is 8.62. The van der Waals surface area contributed by atoms with Crippen LogP contribution in [0.3, 0.4) is 0 Å². The Morgan fingerprint density at radius 1 is 0.509 bits per heavy atom. The zero-order chi connectivity index (χ0) is 37.2. The topological polar surface area (TPSA) is 114 Å². The monoisotopic (exact) mass is 736 g/mol. The van der Waals surface area contributed by atoms with E-state index in [1.165, 1.54) is 119 Å². The predicted molar refractivity (Wildman–Crippen MR) is 223 cm³/mol. The van der Waals surface area contributed by atoms with Crippen LogP contribution in [0.15, 0.2) is 48.5 Å². The molecule has 0 spiro atoms. The summed E-state index contributed by atoms with van der Waals surface area (Å²) in [5, 5.41) is 11.6. The van der Waals surface area contributed by atoms with Crippen molar-refractivity contribution < 1.29 is 0 Å². The minimum absolute atomic E-state index is 0.499. The second-order valence-electron chi connectivity index (χ2n) is 15.8. The summed E-state index contributed by atoms with van der Waals surface area (Å²) < 4.78 is 0. The number of aromatic nitrogens is 4. The van der Waals surface area contributed by atoms with E-state index in [2.05, 4.69) is 82.2 Å². The van der Waals surface area contributed by atoms with Crippen LogP contribution in [0.1, 0.15) is 126 Å². The van der Waals surface area contributed by atoms with E-state index in [1.807, 2.05) is 19.9 Å². The minimum atomic E-state index is 0.499. The highest BCUT2D eigenvalue weighted by Crippen LogP contribution is 2.37. The molecule has 0 unspecified atom stereocenters. The predicted octanol–water partition coefficient (Wildman–Crippen LogP) is 11.1. The molecule has 2 aromatic carbocycles. The van der Waals surface area contributed by atoms with Crippen LogP contribution in [0.25, 0.3) is 22.3 Å². The van der Waals surface area contributed by atoms with E-state index in [4.69, 9.17) is 27.3 Å². The lowest BCUT2D eigenvalue weighted by Crippen LogP contribution is -2.20. The van der Waals surface area contributed by atoms with Crippen LogP contribution < -0.4 is 21.7 Å². The molecule has 284 valence electrons. The molecule has 5 N–H and O–H groups in total. The molecule has 0 saturated heterocycles. The molecule has 8 nitrogen and oxygen atoms in total. The molecule has 0 amide bonds. The lowest BCUT2D eigenvalue weighted by Gasteiger charge is -2.22. The standard InChI is InChI=1S/C22H30N4.C17H20ClN3.C5H11N/c1-15-8-7-9-17(14-15)20-21(25-18-10-3-4-11-18)23-16(2)24-22(20)26-19-12-5-6-13-19;1-11-6-5-7-13(10-11)15-16(18)19-12(2)20-17(15)21-14-8-3-4-9-14;6-5-3-1-2-4-5/h7-9,14,18-19H,3-6,10-13H2,1-2H3,(H2,23,24,25,26);5-7,10,14H,3-4,8-9H2,1-2H3,(H,19,20,21);5H,1-4,6H2. The van der Waals surface area contributed by atoms with E-state index in [0.29, 0.717) is 35.1 Å². The maximum Gasteiger partial charge on any atom is 0.142 e. The van der Waals surface area contributed by atoms with Crippen molar-refractivity contribution in [2.24, 2.45) is 5.73 Å². The quantitative estimate of drug-likeness (QED) is 0.132. The van der Waals surface area contributed by atoms with Crippen LogP contribution in [0.2, 0.25) is 5.15 Å². The molecule has 2 heterocycles. The molecule has 4 saturated carbocycles. The number of aryl methyl sites for hydroxylation is 4. The zero-order valence-electron chi connectivity index (χ0n) is 32.5. The molecule has 0 aliphatic heterocycles. The number of hydrogen-bond donors (Lipinski definition) is 4. The Morgan fingerprint density at radius 2 is 0.868 bits per heavy atom. The molecular formula is C44H61ClN8.